The third kappa shape index (κ3) is 2.08. The summed E-state index contributed by atoms with van der Waals surface area (Å²) in [6.45, 7) is 7.00. The predicted molar refractivity (Wildman–Crippen MR) is 62.4 cm³/mol. The van der Waals surface area contributed by atoms with Crippen LogP contribution in [0.1, 0.15) is 40.0 Å². The first-order chi connectivity index (χ1) is 8.14. The zero-order chi connectivity index (χ0) is 12.5. The SMILES string of the molecule is CCOC1(OCC)CCC[C@@H]2[C@H]1OC(=O)[C@@H]2C. The molecule has 4 nitrogen and oxygen atoms in total. The molecule has 3 atom stereocenters. The van der Waals surface area contributed by atoms with E-state index in [1.165, 1.54) is 0 Å². The molecule has 0 aromatic rings. The molecule has 0 amide bonds. The highest BCUT2D eigenvalue weighted by Crippen LogP contribution is 2.46. The fraction of sp³-hybridized carbons (Fsp3) is 0.923. The number of hydrogen-bond donors (Lipinski definition) is 0. The van der Waals surface area contributed by atoms with Crippen LogP contribution in [-0.2, 0) is 19.0 Å². The second-order valence-corrected chi connectivity index (χ2v) is 4.88. The van der Waals surface area contributed by atoms with Gasteiger partial charge in [0, 0.05) is 25.6 Å². The third-order valence-electron chi connectivity index (χ3n) is 3.92. The second-order valence-electron chi connectivity index (χ2n) is 4.88. The van der Waals surface area contributed by atoms with Gasteiger partial charge in [0.25, 0.3) is 0 Å². The van der Waals surface area contributed by atoms with Crippen molar-refractivity contribution in [2.24, 2.45) is 11.8 Å². The zero-order valence-electron chi connectivity index (χ0n) is 10.9. The van der Waals surface area contributed by atoms with Crippen LogP contribution in [-0.4, -0.2) is 31.1 Å². The van der Waals surface area contributed by atoms with E-state index in [0.29, 0.717) is 13.2 Å². The smallest absolute Gasteiger partial charge is 0.309 e. The Balaban J connectivity index is 2.23. The maximum Gasteiger partial charge on any atom is 0.309 e. The summed E-state index contributed by atoms with van der Waals surface area (Å²) >= 11 is 0. The molecule has 0 spiro atoms. The molecule has 1 saturated carbocycles. The summed E-state index contributed by atoms with van der Waals surface area (Å²) in [5, 5.41) is 0. The van der Waals surface area contributed by atoms with Crippen molar-refractivity contribution in [2.75, 3.05) is 13.2 Å². The molecular formula is C13H22O4. The summed E-state index contributed by atoms with van der Waals surface area (Å²) in [6.07, 6.45) is 2.65. The first-order valence-corrected chi connectivity index (χ1v) is 6.63. The van der Waals surface area contributed by atoms with Crippen LogP contribution in [0, 0.1) is 11.8 Å². The van der Waals surface area contributed by atoms with Crippen LogP contribution in [0.2, 0.25) is 0 Å². The monoisotopic (exact) mass is 242 g/mol. The van der Waals surface area contributed by atoms with Crippen molar-refractivity contribution in [3.05, 3.63) is 0 Å². The summed E-state index contributed by atoms with van der Waals surface area (Å²) in [5.74, 6) is -0.590. The van der Waals surface area contributed by atoms with Crippen LogP contribution in [0.3, 0.4) is 0 Å². The molecule has 2 fully saturated rings. The van der Waals surface area contributed by atoms with Gasteiger partial charge in [0.05, 0.1) is 5.92 Å². The topological polar surface area (TPSA) is 44.8 Å². The Morgan fingerprint density at radius 3 is 2.59 bits per heavy atom. The molecule has 98 valence electrons. The normalized spacial score (nSPS) is 35.5. The van der Waals surface area contributed by atoms with Gasteiger partial charge < -0.3 is 14.2 Å². The highest BCUT2D eigenvalue weighted by molar-refractivity contribution is 5.75. The fourth-order valence-corrected chi connectivity index (χ4v) is 3.14. The van der Waals surface area contributed by atoms with Gasteiger partial charge in [-0.25, -0.2) is 0 Å². The van der Waals surface area contributed by atoms with Crippen LogP contribution in [0.4, 0.5) is 0 Å². The van der Waals surface area contributed by atoms with Gasteiger partial charge in [-0.1, -0.05) is 6.92 Å². The standard InChI is InChI=1S/C13H22O4/c1-4-15-13(16-5-2)8-6-7-10-9(3)12(14)17-11(10)13/h9-11H,4-8H2,1-3H3/t9-,10+,11-/m1/s1. The Morgan fingerprint density at radius 2 is 2.00 bits per heavy atom. The van der Waals surface area contributed by atoms with E-state index >= 15 is 0 Å². The Hall–Kier alpha value is -0.610. The highest BCUT2D eigenvalue weighted by Gasteiger charge is 2.56. The van der Waals surface area contributed by atoms with Gasteiger partial charge in [0.1, 0.15) is 0 Å². The lowest BCUT2D eigenvalue weighted by atomic mass is 9.77. The van der Waals surface area contributed by atoms with E-state index in [-0.39, 0.29) is 23.9 Å². The molecule has 0 unspecified atom stereocenters. The minimum Gasteiger partial charge on any atom is -0.456 e. The molecule has 2 rings (SSSR count). The number of rotatable bonds is 4. The molecule has 1 aliphatic carbocycles. The Labute approximate surface area is 103 Å². The molecule has 2 aliphatic rings. The average molecular weight is 242 g/mol. The van der Waals surface area contributed by atoms with Crippen LogP contribution < -0.4 is 0 Å². The number of ether oxygens (including phenoxy) is 3. The fourth-order valence-electron chi connectivity index (χ4n) is 3.14. The average Bonchev–Trinajstić information content (AvgIpc) is 2.59. The van der Waals surface area contributed by atoms with Crippen molar-refractivity contribution < 1.29 is 19.0 Å². The maximum atomic E-state index is 11.7. The van der Waals surface area contributed by atoms with Crippen molar-refractivity contribution >= 4 is 5.97 Å². The number of fused-ring (bicyclic) bond motifs is 1. The van der Waals surface area contributed by atoms with Gasteiger partial charge in [-0.3, -0.25) is 4.79 Å². The lowest BCUT2D eigenvalue weighted by molar-refractivity contribution is -0.297. The Kier molecular flexibility index (Phi) is 3.73. The predicted octanol–water partition coefficient (Wildman–Crippen LogP) is 2.12. The molecule has 0 aromatic carbocycles. The van der Waals surface area contributed by atoms with E-state index < -0.39 is 5.79 Å². The minimum atomic E-state index is -0.702. The van der Waals surface area contributed by atoms with Gasteiger partial charge in [0.15, 0.2) is 6.10 Å². The molecule has 0 bridgehead atoms. The lowest BCUT2D eigenvalue weighted by Crippen LogP contribution is -2.53. The van der Waals surface area contributed by atoms with Crippen LogP contribution in [0.25, 0.3) is 0 Å². The van der Waals surface area contributed by atoms with Gasteiger partial charge in [-0.15, -0.1) is 0 Å². The number of carbonyl (C=O) groups is 1. The summed E-state index contributed by atoms with van der Waals surface area (Å²) in [5.41, 5.74) is 0. The quantitative estimate of drug-likeness (QED) is 0.559. The van der Waals surface area contributed by atoms with Crippen LogP contribution in [0.15, 0.2) is 0 Å². The van der Waals surface area contributed by atoms with Gasteiger partial charge in [-0.2, -0.15) is 0 Å². The Bertz CT molecular complexity index is 278. The molecule has 1 heterocycles. The number of hydrogen-bond acceptors (Lipinski definition) is 4. The summed E-state index contributed by atoms with van der Waals surface area (Å²) in [6, 6.07) is 0. The third-order valence-corrected chi connectivity index (χ3v) is 3.92. The van der Waals surface area contributed by atoms with Crippen molar-refractivity contribution in [1.82, 2.24) is 0 Å². The van der Waals surface area contributed by atoms with Gasteiger partial charge in [0.2, 0.25) is 5.79 Å². The zero-order valence-corrected chi connectivity index (χ0v) is 10.9. The number of esters is 1. The maximum absolute atomic E-state index is 11.7. The van der Waals surface area contributed by atoms with E-state index in [9.17, 15) is 4.79 Å². The van der Waals surface area contributed by atoms with E-state index in [4.69, 9.17) is 14.2 Å². The van der Waals surface area contributed by atoms with E-state index in [1.807, 2.05) is 20.8 Å². The molecule has 0 N–H and O–H groups in total. The van der Waals surface area contributed by atoms with Crippen LogP contribution >= 0.6 is 0 Å². The van der Waals surface area contributed by atoms with Crippen molar-refractivity contribution in [3.63, 3.8) is 0 Å². The molecule has 4 heteroatoms. The second kappa shape index (κ2) is 4.94. The van der Waals surface area contributed by atoms with Gasteiger partial charge >= 0.3 is 5.97 Å². The Morgan fingerprint density at radius 1 is 1.35 bits per heavy atom. The first kappa shape index (κ1) is 12.8. The summed E-state index contributed by atoms with van der Waals surface area (Å²) in [7, 11) is 0. The molecular weight excluding hydrogens is 220 g/mol. The molecule has 1 saturated heterocycles. The molecule has 0 aromatic heterocycles. The van der Waals surface area contributed by atoms with Gasteiger partial charge in [-0.05, 0) is 26.7 Å². The highest BCUT2D eigenvalue weighted by atomic mass is 16.7. The summed E-state index contributed by atoms with van der Waals surface area (Å²) in [4.78, 5) is 11.7. The van der Waals surface area contributed by atoms with E-state index in [2.05, 4.69) is 0 Å². The van der Waals surface area contributed by atoms with E-state index in [1.54, 1.807) is 0 Å². The minimum absolute atomic E-state index is 0.0272. The van der Waals surface area contributed by atoms with E-state index in [0.717, 1.165) is 19.3 Å². The van der Waals surface area contributed by atoms with Crippen LogP contribution in [0.5, 0.6) is 0 Å². The molecule has 0 radical (unpaired) electrons. The largest absolute Gasteiger partial charge is 0.456 e. The first-order valence-electron chi connectivity index (χ1n) is 6.63. The van der Waals surface area contributed by atoms with Crippen molar-refractivity contribution in [2.45, 2.75) is 51.9 Å². The lowest BCUT2D eigenvalue weighted by Gasteiger charge is -2.43. The van der Waals surface area contributed by atoms with Crippen molar-refractivity contribution in [3.8, 4) is 0 Å². The molecule has 1 aliphatic heterocycles. The molecule has 17 heavy (non-hydrogen) atoms. The summed E-state index contributed by atoms with van der Waals surface area (Å²) < 4.78 is 17.2. The number of carbonyl (C=O) groups excluding carboxylic acids is 1. The van der Waals surface area contributed by atoms with Crippen molar-refractivity contribution in [1.29, 1.82) is 0 Å².